The van der Waals surface area contributed by atoms with E-state index in [1.165, 1.54) is 0 Å². The molecule has 0 spiro atoms. The summed E-state index contributed by atoms with van der Waals surface area (Å²) >= 11 is 3.38. The number of hydrogen-bond donors (Lipinski definition) is 2. The van der Waals surface area contributed by atoms with Crippen molar-refractivity contribution in [2.24, 2.45) is 0 Å². The minimum absolute atomic E-state index is 1.07. The van der Waals surface area contributed by atoms with Crippen molar-refractivity contribution in [3.63, 3.8) is 0 Å². The largest absolute Gasteiger partial charge is 0.242 e. The van der Waals surface area contributed by atoms with Crippen molar-refractivity contribution in [3.8, 4) is 0 Å². The lowest BCUT2D eigenvalue weighted by molar-refractivity contribution is 0.624. The molecule has 4 heteroatoms. The predicted octanol–water partition coefficient (Wildman–Crippen LogP) is 1.52. The van der Waals surface area contributed by atoms with Gasteiger partial charge in [-0.25, -0.2) is 16.0 Å². The number of rotatable bonds is 3. The summed E-state index contributed by atoms with van der Waals surface area (Å²) < 4.78 is 1.08. The highest BCUT2D eigenvalue weighted by Crippen LogP contribution is 2.15. The van der Waals surface area contributed by atoms with E-state index in [4.69, 9.17) is 0 Å². The highest BCUT2D eigenvalue weighted by atomic mass is 79.9. The zero-order chi connectivity index (χ0) is 8.97. The summed E-state index contributed by atoms with van der Waals surface area (Å²) in [7, 11) is 3.72. The Morgan fingerprint density at radius 1 is 1.08 bits per heavy atom. The summed E-state index contributed by atoms with van der Waals surface area (Å²) in [4.78, 5) is 0. The van der Waals surface area contributed by atoms with Crippen molar-refractivity contribution in [3.05, 3.63) is 28.7 Å². The van der Waals surface area contributed by atoms with Gasteiger partial charge >= 0.3 is 0 Å². The van der Waals surface area contributed by atoms with E-state index in [1.54, 1.807) is 0 Å². The highest BCUT2D eigenvalue weighted by Gasteiger charge is 1.98. The first kappa shape index (κ1) is 9.51. The first-order chi connectivity index (χ1) is 5.77. The van der Waals surface area contributed by atoms with Gasteiger partial charge in [-0.3, -0.25) is 0 Å². The van der Waals surface area contributed by atoms with Gasteiger partial charge in [0.05, 0.1) is 5.69 Å². The molecule has 0 radical (unpaired) electrons. The molecule has 0 saturated carbocycles. The third-order valence-corrected chi connectivity index (χ3v) is 2.06. The standard InChI is InChI=1S/C8H12BrN3/c1-10-12(11-2)8-5-3-7(9)4-6-8/h3-6,10-11H,1-2H3. The van der Waals surface area contributed by atoms with Crippen molar-refractivity contribution in [1.82, 2.24) is 10.9 Å². The third kappa shape index (κ3) is 2.20. The van der Waals surface area contributed by atoms with Gasteiger partial charge in [-0.05, 0) is 24.3 Å². The summed E-state index contributed by atoms with van der Waals surface area (Å²) in [6.07, 6.45) is 0. The molecule has 0 aliphatic carbocycles. The summed E-state index contributed by atoms with van der Waals surface area (Å²) in [6.45, 7) is 0. The van der Waals surface area contributed by atoms with Crippen molar-refractivity contribution < 1.29 is 0 Å². The maximum absolute atomic E-state index is 3.38. The van der Waals surface area contributed by atoms with Crippen LogP contribution in [0.15, 0.2) is 28.7 Å². The fourth-order valence-electron chi connectivity index (χ4n) is 0.960. The second-order valence-electron chi connectivity index (χ2n) is 2.26. The van der Waals surface area contributed by atoms with Crippen LogP contribution in [0.1, 0.15) is 0 Å². The molecule has 0 atom stereocenters. The minimum Gasteiger partial charge on any atom is -0.242 e. The van der Waals surface area contributed by atoms with Gasteiger partial charge in [0.2, 0.25) is 0 Å². The molecular weight excluding hydrogens is 218 g/mol. The van der Waals surface area contributed by atoms with E-state index >= 15 is 0 Å². The molecule has 12 heavy (non-hydrogen) atoms. The van der Waals surface area contributed by atoms with E-state index in [0.717, 1.165) is 10.2 Å². The number of anilines is 1. The predicted molar refractivity (Wildman–Crippen MR) is 54.7 cm³/mol. The van der Waals surface area contributed by atoms with Crippen LogP contribution < -0.4 is 16.0 Å². The lowest BCUT2D eigenvalue weighted by Crippen LogP contribution is -2.44. The summed E-state index contributed by atoms with van der Waals surface area (Å²) in [5.41, 5.74) is 7.06. The van der Waals surface area contributed by atoms with Crippen molar-refractivity contribution in [2.45, 2.75) is 0 Å². The normalized spacial score (nSPS) is 9.92. The molecule has 0 heterocycles. The van der Waals surface area contributed by atoms with E-state index in [2.05, 4.69) is 26.8 Å². The number of hydrazine groups is 2. The van der Waals surface area contributed by atoms with E-state index in [0.29, 0.717) is 0 Å². The topological polar surface area (TPSA) is 27.3 Å². The number of halogens is 1. The van der Waals surface area contributed by atoms with Crippen LogP contribution in [0.5, 0.6) is 0 Å². The van der Waals surface area contributed by atoms with Crippen LogP contribution >= 0.6 is 15.9 Å². The van der Waals surface area contributed by atoms with Gasteiger partial charge in [-0.1, -0.05) is 15.9 Å². The molecule has 1 rings (SSSR count). The van der Waals surface area contributed by atoms with Crippen LogP contribution in [0, 0.1) is 0 Å². The summed E-state index contributed by atoms with van der Waals surface area (Å²) in [5.74, 6) is 0. The fourth-order valence-corrected chi connectivity index (χ4v) is 1.22. The Morgan fingerprint density at radius 2 is 1.58 bits per heavy atom. The molecule has 0 aromatic heterocycles. The molecule has 1 aromatic carbocycles. The second kappa shape index (κ2) is 4.45. The number of hydrogen-bond acceptors (Lipinski definition) is 3. The Kier molecular flexibility index (Phi) is 3.52. The molecule has 0 unspecified atom stereocenters. The first-order valence-electron chi connectivity index (χ1n) is 3.68. The van der Waals surface area contributed by atoms with E-state index in [-0.39, 0.29) is 0 Å². The average Bonchev–Trinajstić information content (AvgIpc) is 2.10. The smallest absolute Gasteiger partial charge is 0.0702 e. The van der Waals surface area contributed by atoms with Crippen LogP contribution in [0.25, 0.3) is 0 Å². The molecular formula is C8H12BrN3. The Balaban J connectivity index is 2.80. The number of nitrogens with one attached hydrogen (secondary N) is 2. The van der Waals surface area contributed by atoms with Crippen LogP contribution in [0.4, 0.5) is 5.69 Å². The van der Waals surface area contributed by atoms with Gasteiger partial charge in [0.25, 0.3) is 0 Å². The van der Waals surface area contributed by atoms with Crippen molar-refractivity contribution in [2.75, 3.05) is 19.2 Å². The molecule has 0 amide bonds. The van der Waals surface area contributed by atoms with Crippen molar-refractivity contribution in [1.29, 1.82) is 0 Å². The van der Waals surface area contributed by atoms with Crippen LogP contribution in [0.3, 0.4) is 0 Å². The van der Waals surface area contributed by atoms with Gasteiger partial charge in [0.15, 0.2) is 0 Å². The first-order valence-corrected chi connectivity index (χ1v) is 4.47. The molecule has 0 fully saturated rings. The highest BCUT2D eigenvalue weighted by molar-refractivity contribution is 9.10. The molecule has 3 nitrogen and oxygen atoms in total. The van der Waals surface area contributed by atoms with Crippen LogP contribution in [0.2, 0.25) is 0 Å². The average molecular weight is 230 g/mol. The fraction of sp³-hybridized carbons (Fsp3) is 0.250. The quantitative estimate of drug-likeness (QED) is 0.771. The van der Waals surface area contributed by atoms with Gasteiger partial charge in [-0.2, -0.15) is 0 Å². The zero-order valence-electron chi connectivity index (χ0n) is 7.13. The van der Waals surface area contributed by atoms with E-state index in [1.807, 2.05) is 43.5 Å². The molecule has 0 aliphatic heterocycles. The zero-order valence-corrected chi connectivity index (χ0v) is 8.72. The number of benzene rings is 1. The minimum atomic E-state index is 1.07. The lowest BCUT2D eigenvalue weighted by atomic mass is 10.3. The van der Waals surface area contributed by atoms with Crippen LogP contribution in [-0.4, -0.2) is 14.1 Å². The summed E-state index contributed by atoms with van der Waals surface area (Å²) in [5, 5.41) is 1.83. The van der Waals surface area contributed by atoms with E-state index in [9.17, 15) is 0 Å². The lowest BCUT2D eigenvalue weighted by Gasteiger charge is -2.21. The van der Waals surface area contributed by atoms with Gasteiger partial charge in [0, 0.05) is 18.6 Å². The van der Waals surface area contributed by atoms with Gasteiger partial charge in [0.1, 0.15) is 0 Å². The Labute approximate surface area is 80.8 Å². The van der Waals surface area contributed by atoms with E-state index < -0.39 is 0 Å². The Bertz CT molecular complexity index is 231. The Morgan fingerprint density at radius 3 is 2.00 bits per heavy atom. The van der Waals surface area contributed by atoms with Crippen LogP contribution in [-0.2, 0) is 0 Å². The molecule has 2 N–H and O–H groups in total. The molecule has 1 aromatic rings. The third-order valence-electron chi connectivity index (χ3n) is 1.53. The molecule has 0 bridgehead atoms. The molecule has 66 valence electrons. The van der Waals surface area contributed by atoms with Gasteiger partial charge < -0.3 is 0 Å². The van der Waals surface area contributed by atoms with Gasteiger partial charge in [-0.15, -0.1) is 0 Å². The number of nitrogens with zero attached hydrogens (tertiary/aromatic N) is 1. The SMILES string of the molecule is CNN(NC)c1ccc(Br)cc1. The maximum Gasteiger partial charge on any atom is 0.0702 e. The molecule has 0 aliphatic rings. The maximum atomic E-state index is 3.38. The summed E-state index contributed by atoms with van der Waals surface area (Å²) in [6, 6.07) is 8.02. The Hall–Kier alpha value is -0.580. The van der Waals surface area contributed by atoms with Crippen molar-refractivity contribution >= 4 is 21.6 Å². The monoisotopic (exact) mass is 229 g/mol. The second-order valence-corrected chi connectivity index (χ2v) is 3.17. The molecule has 0 saturated heterocycles.